The molecule has 0 aliphatic carbocycles. The Morgan fingerprint density at radius 3 is 2.64 bits per heavy atom. The van der Waals surface area contributed by atoms with E-state index in [1.165, 1.54) is 0 Å². The van der Waals surface area contributed by atoms with E-state index < -0.39 is 10.8 Å². The lowest BCUT2D eigenvalue weighted by Gasteiger charge is -2.01. The van der Waals surface area contributed by atoms with Crippen molar-refractivity contribution in [3.63, 3.8) is 0 Å². The van der Waals surface area contributed by atoms with Crippen molar-refractivity contribution in [2.75, 3.05) is 0 Å². The lowest BCUT2D eigenvalue weighted by Crippen LogP contribution is -1.98. The van der Waals surface area contributed by atoms with Crippen molar-refractivity contribution in [2.24, 2.45) is 0 Å². The summed E-state index contributed by atoms with van der Waals surface area (Å²) in [7, 11) is -1.20. The Bertz CT molecular complexity index is 815. The van der Waals surface area contributed by atoms with Crippen LogP contribution in [0.15, 0.2) is 63.9 Å². The molecule has 3 rings (SSSR count). The number of hydrogen-bond acceptors (Lipinski definition) is 3. The maximum Gasteiger partial charge on any atom is 0.226 e. The van der Waals surface area contributed by atoms with Crippen molar-refractivity contribution in [2.45, 2.75) is 17.6 Å². The Balaban J connectivity index is 1.84. The fraction of sp³-hybridized carbons (Fsp3) is 0.118. The van der Waals surface area contributed by atoms with Crippen LogP contribution >= 0.6 is 11.6 Å². The van der Waals surface area contributed by atoms with E-state index in [2.05, 4.69) is 4.98 Å². The molecule has 0 spiro atoms. The summed E-state index contributed by atoms with van der Waals surface area (Å²) in [6.45, 7) is 1.84. The molecular formula is C17H14ClNO2S. The van der Waals surface area contributed by atoms with E-state index in [1.807, 2.05) is 37.3 Å². The maximum atomic E-state index is 12.4. The highest BCUT2D eigenvalue weighted by Crippen LogP contribution is 2.24. The molecule has 2 aromatic carbocycles. The van der Waals surface area contributed by atoms with E-state index >= 15 is 0 Å². The second kappa shape index (κ2) is 6.46. The first-order valence-corrected chi connectivity index (χ1v) is 8.49. The van der Waals surface area contributed by atoms with Gasteiger partial charge in [-0.3, -0.25) is 4.21 Å². The molecule has 5 heteroatoms. The SMILES string of the molecule is Cc1oc(-c2ccccc2)nc1C[S@@](=O)c1cccc(Cl)c1. The predicted molar refractivity (Wildman–Crippen MR) is 88.2 cm³/mol. The molecule has 3 aromatic rings. The average molecular weight is 332 g/mol. The predicted octanol–water partition coefficient (Wildman–Crippen LogP) is 4.61. The molecule has 0 saturated carbocycles. The maximum absolute atomic E-state index is 12.4. The summed E-state index contributed by atoms with van der Waals surface area (Å²) in [5, 5.41) is 0.577. The summed E-state index contributed by atoms with van der Waals surface area (Å²) < 4.78 is 18.1. The quantitative estimate of drug-likeness (QED) is 0.701. The van der Waals surface area contributed by atoms with Crippen LogP contribution in [0.2, 0.25) is 5.02 Å². The van der Waals surface area contributed by atoms with Crippen LogP contribution in [0.25, 0.3) is 11.5 Å². The number of aromatic nitrogens is 1. The van der Waals surface area contributed by atoms with Gasteiger partial charge in [0.15, 0.2) is 0 Å². The van der Waals surface area contributed by atoms with Gasteiger partial charge in [-0.05, 0) is 37.3 Å². The fourth-order valence-electron chi connectivity index (χ4n) is 2.08. The van der Waals surface area contributed by atoms with E-state index in [1.54, 1.807) is 24.3 Å². The van der Waals surface area contributed by atoms with Crippen LogP contribution in [0.1, 0.15) is 11.5 Å². The van der Waals surface area contributed by atoms with Crippen LogP contribution in [0, 0.1) is 6.92 Å². The normalized spacial score (nSPS) is 12.3. The topological polar surface area (TPSA) is 43.1 Å². The van der Waals surface area contributed by atoms with Gasteiger partial charge in [0.1, 0.15) is 5.76 Å². The molecule has 0 bridgehead atoms. The minimum atomic E-state index is -1.20. The smallest absolute Gasteiger partial charge is 0.226 e. The zero-order valence-electron chi connectivity index (χ0n) is 12.0. The number of oxazole rings is 1. The molecule has 0 radical (unpaired) electrons. The van der Waals surface area contributed by atoms with Gasteiger partial charge in [0.25, 0.3) is 0 Å². The van der Waals surface area contributed by atoms with Crippen molar-refractivity contribution in [3.8, 4) is 11.5 Å². The minimum absolute atomic E-state index is 0.308. The summed E-state index contributed by atoms with van der Waals surface area (Å²) >= 11 is 5.94. The molecule has 0 unspecified atom stereocenters. The first kappa shape index (κ1) is 15.0. The first-order valence-electron chi connectivity index (χ1n) is 6.79. The van der Waals surface area contributed by atoms with Gasteiger partial charge in [-0.25, -0.2) is 4.98 Å². The zero-order chi connectivity index (χ0) is 15.5. The Hall–Kier alpha value is -1.91. The van der Waals surface area contributed by atoms with E-state index in [9.17, 15) is 4.21 Å². The van der Waals surface area contributed by atoms with Gasteiger partial charge in [0.2, 0.25) is 5.89 Å². The van der Waals surface area contributed by atoms with Gasteiger partial charge in [0, 0.05) is 15.5 Å². The molecule has 1 heterocycles. The Morgan fingerprint density at radius 2 is 1.91 bits per heavy atom. The molecule has 0 N–H and O–H groups in total. The lowest BCUT2D eigenvalue weighted by molar-refractivity contribution is 0.540. The number of rotatable bonds is 4. The number of benzene rings is 2. The van der Waals surface area contributed by atoms with Crippen molar-refractivity contribution in [1.29, 1.82) is 0 Å². The largest absolute Gasteiger partial charge is 0.441 e. The molecule has 1 atom stereocenters. The molecule has 112 valence electrons. The monoisotopic (exact) mass is 331 g/mol. The van der Waals surface area contributed by atoms with Gasteiger partial charge in [-0.15, -0.1) is 0 Å². The summed E-state index contributed by atoms with van der Waals surface area (Å²) in [5.41, 5.74) is 1.61. The third-order valence-corrected chi connectivity index (χ3v) is 4.79. The summed E-state index contributed by atoms with van der Waals surface area (Å²) in [5.74, 6) is 1.55. The zero-order valence-corrected chi connectivity index (χ0v) is 13.5. The fourth-order valence-corrected chi connectivity index (χ4v) is 3.51. The molecule has 22 heavy (non-hydrogen) atoms. The highest BCUT2D eigenvalue weighted by Gasteiger charge is 2.15. The summed E-state index contributed by atoms with van der Waals surface area (Å²) in [6.07, 6.45) is 0. The van der Waals surface area contributed by atoms with E-state index in [4.69, 9.17) is 16.0 Å². The number of hydrogen-bond donors (Lipinski definition) is 0. The second-order valence-electron chi connectivity index (χ2n) is 4.84. The van der Waals surface area contributed by atoms with Crippen molar-refractivity contribution >= 4 is 22.4 Å². The van der Waals surface area contributed by atoms with Crippen molar-refractivity contribution < 1.29 is 8.63 Å². The van der Waals surface area contributed by atoms with Gasteiger partial charge in [-0.1, -0.05) is 35.9 Å². The van der Waals surface area contributed by atoms with Crippen LogP contribution in [-0.2, 0) is 16.6 Å². The van der Waals surface area contributed by atoms with Gasteiger partial charge >= 0.3 is 0 Å². The van der Waals surface area contributed by atoms with E-state index in [0.29, 0.717) is 33.0 Å². The van der Waals surface area contributed by atoms with E-state index in [0.717, 1.165) is 5.56 Å². The number of aryl methyl sites for hydroxylation is 1. The highest BCUT2D eigenvalue weighted by atomic mass is 35.5. The van der Waals surface area contributed by atoms with Gasteiger partial charge in [-0.2, -0.15) is 0 Å². The Kier molecular flexibility index (Phi) is 4.41. The first-order chi connectivity index (χ1) is 10.6. The Morgan fingerprint density at radius 1 is 1.14 bits per heavy atom. The minimum Gasteiger partial charge on any atom is -0.441 e. The van der Waals surface area contributed by atoms with E-state index in [-0.39, 0.29) is 0 Å². The van der Waals surface area contributed by atoms with Crippen LogP contribution in [-0.4, -0.2) is 9.19 Å². The molecule has 0 saturated heterocycles. The van der Waals surface area contributed by atoms with Crippen LogP contribution in [0.4, 0.5) is 0 Å². The molecule has 0 fully saturated rings. The third kappa shape index (κ3) is 3.29. The number of nitrogens with zero attached hydrogens (tertiary/aromatic N) is 1. The second-order valence-corrected chi connectivity index (χ2v) is 6.72. The van der Waals surface area contributed by atoms with Crippen LogP contribution in [0.5, 0.6) is 0 Å². The highest BCUT2D eigenvalue weighted by molar-refractivity contribution is 7.84. The summed E-state index contributed by atoms with van der Waals surface area (Å²) in [4.78, 5) is 5.17. The van der Waals surface area contributed by atoms with Gasteiger partial charge in [0.05, 0.1) is 22.2 Å². The van der Waals surface area contributed by atoms with Crippen molar-refractivity contribution in [1.82, 2.24) is 4.98 Å². The Labute approximate surface area is 136 Å². The molecule has 0 aliphatic heterocycles. The van der Waals surface area contributed by atoms with Gasteiger partial charge < -0.3 is 4.42 Å². The number of halogens is 1. The van der Waals surface area contributed by atoms with Crippen molar-refractivity contribution in [3.05, 3.63) is 71.1 Å². The standard InChI is InChI=1S/C17H14ClNO2S/c1-12-16(11-22(20)15-9-5-8-14(18)10-15)19-17(21-12)13-6-3-2-4-7-13/h2-10H,11H2,1H3/t22-/m1/s1. The molecule has 3 nitrogen and oxygen atoms in total. The molecular weight excluding hydrogens is 318 g/mol. The third-order valence-electron chi connectivity index (χ3n) is 3.24. The summed E-state index contributed by atoms with van der Waals surface area (Å²) in [6, 6.07) is 16.7. The van der Waals surface area contributed by atoms with Crippen LogP contribution in [0.3, 0.4) is 0 Å². The molecule has 0 amide bonds. The molecule has 0 aliphatic rings. The van der Waals surface area contributed by atoms with Crippen LogP contribution < -0.4 is 0 Å². The average Bonchev–Trinajstić information content (AvgIpc) is 2.89. The molecule has 1 aromatic heterocycles. The lowest BCUT2D eigenvalue weighted by atomic mass is 10.2.